The molecule has 1 fully saturated rings. The highest BCUT2D eigenvalue weighted by Crippen LogP contribution is 2.39. The van der Waals surface area contributed by atoms with Crippen molar-refractivity contribution in [2.24, 2.45) is 5.92 Å². The number of methoxy groups -OCH3 is 3. The van der Waals surface area contributed by atoms with Crippen molar-refractivity contribution < 1.29 is 19.0 Å². The summed E-state index contributed by atoms with van der Waals surface area (Å²) in [7, 11) is 4.61. The average Bonchev–Trinajstić information content (AvgIpc) is 2.77. The summed E-state index contributed by atoms with van der Waals surface area (Å²) >= 11 is 0. The number of hydrogen-bond acceptors (Lipinski definition) is 5. The number of carbonyl (C=O) groups is 1. The lowest BCUT2D eigenvalue weighted by Gasteiger charge is -2.32. The van der Waals surface area contributed by atoms with Crippen molar-refractivity contribution in [1.82, 2.24) is 10.2 Å². The summed E-state index contributed by atoms with van der Waals surface area (Å²) in [5.41, 5.74) is 1.80. The molecule has 0 aliphatic carbocycles. The Kier molecular flexibility index (Phi) is 7.36. The van der Waals surface area contributed by atoms with E-state index in [9.17, 15) is 4.79 Å². The predicted molar refractivity (Wildman–Crippen MR) is 113 cm³/mol. The molecule has 29 heavy (non-hydrogen) atoms. The molecular formula is C23H30N2O4. The maximum Gasteiger partial charge on any atom is 0.255 e. The Bertz CT molecular complexity index is 802. The first-order chi connectivity index (χ1) is 14.2. The summed E-state index contributed by atoms with van der Waals surface area (Å²) in [6, 6.07) is 14.0. The lowest BCUT2D eigenvalue weighted by atomic mass is 9.96. The van der Waals surface area contributed by atoms with E-state index in [2.05, 4.69) is 34.5 Å². The Morgan fingerprint density at radius 2 is 1.66 bits per heavy atom. The van der Waals surface area contributed by atoms with E-state index in [1.807, 2.05) is 6.07 Å². The fourth-order valence-electron chi connectivity index (χ4n) is 3.80. The first kappa shape index (κ1) is 21.0. The highest BCUT2D eigenvalue weighted by atomic mass is 16.5. The van der Waals surface area contributed by atoms with Gasteiger partial charge in [-0.15, -0.1) is 0 Å². The van der Waals surface area contributed by atoms with Gasteiger partial charge in [-0.2, -0.15) is 0 Å². The molecule has 1 saturated heterocycles. The van der Waals surface area contributed by atoms with Gasteiger partial charge in [-0.1, -0.05) is 30.3 Å². The topological polar surface area (TPSA) is 60.0 Å². The first-order valence-corrected chi connectivity index (χ1v) is 9.99. The van der Waals surface area contributed by atoms with E-state index in [0.717, 1.165) is 32.5 Å². The molecule has 1 heterocycles. The molecular weight excluding hydrogens is 368 g/mol. The van der Waals surface area contributed by atoms with Gasteiger partial charge in [-0.25, -0.2) is 0 Å². The Labute approximate surface area is 172 Å². The van der Waals surface area contributed by atoms with Gasteiger partial charge in [0.2, 0.25) is 5.75 Å². The molecule has 0 unspecified atom stereocenters. The minimum absolute atomic E-state index is 0.158. The number of hydrogen-bond donors (Lipinski definition) is 1. The van der Waals surface area contributed by atoms with E-state index in [-0.39, 0.29) is 5.91 Å². The van der Waals surface area contributed by atoms with Gasteiger partial charge in [0.05, 0.1) is 26.9 Å². The number of carbonyl (C=O) groups excluding carboxylic acids is 1. The molecule has 0 radical (unpaired) electrons. The summed E-state index contributed by atoms with van der Waals surface area (Å²) < 4.78 is 16.1. The second kappa shape index (κ2) is 10.2. The van der Waals surface area contributed by atoms with Gasteiger partial charge in [-0.05, 0) is 49.5 Å². The highest BCUT2D eigenvalue weighted by Gasteiger charge is 2.23. The predicted octanol–water partition coefficient (Wildman–Crippen LogP) is 3.35. The van der Waals surface area contributed by atoms with Crippen molar-refractivity contribution in [3.05, 3.63) is 53.6 Å². The molecule has 1 aliphatic rings. The molecule has 3 rings (SSSR count). The summed E-state index contributed by atoms with van der Waals surface area (Å²) in [6.07, 6.45) is 2.16. The fourth-order valence-corrected chi connectivity index (χ4v) is 3.80. The van der Waals surface area contributed by atoms with Crippen LogP contribution < -0.4 is 19.5 Å². The normalized spacial score (nSPS) is 15.0. The van der Waals surface area contributed by atoms with Gasteiger partial charge in [0.25, 0.3) is 5.91 Å². The van der Waals surface area contributed by atoms with E-state index in [0.29, 0.717) is 35.3 Å². The molecule has 0 aromatic heterocycles. The second-order valence-corrected chi connectivity index (χ2v) is 7.30. The molecule has 1 N–H and O–H groups in total. The molecule has 2 aromatic carbocycles. The molecule has 156 valence electrons. The van der Waals surface area contributed by atoms with Gasteiger partial charge in [0, 0.05) is 13.1 Å². The Hall–Kier alpha value is -2.73. The lowest BCUT2D eigenvalue weighted by molar-refractivity contribution is 0.0931. The van der Waals surface area contributed by atoms with Gasteiger partial charge in [0.1, 0.15) is 0 Å². The van der Waals surface area contributed by atoms with Gasteiger partial charge in [0.15, 0.2) is 11.5 Å². The zero-order chi connectivity index (χ0) is 20.6. The maximum absolute atomic E-state index is 12.7. The van der Waals surface area contributed by atoms with Gasteiger partial charge >= 0.3 is 0 Å². The molecule has 6 nitrogen and oxygen atoms in total. The number of piperidine rings is 1. The zero-order valence-corrected chi connectivity index (χ0v) is 17.4. The number of nitrogens with one attached hydrogen (secondary N) is 1. The minimum atomic E-state index is -0.158. The van der Waals surface area contributed by atoms with Crippen LogP contribution >= 0.6 is 0 Å². The third-order valence-corrected chi connectivity index (χ3v) is 5.46. The van der Waals surface area contributed by atoms with Crippen molar-refractivity contribution in [2.75, 3.05) is 41.0 Å². The summed E-state index contributed by atoms with van der Waals surface area (Å²) in [6.45, 7) is 3.75. The fraction of sp³-hybridized carbons (Fsp3) is 0.435. The van der Waals surface area contributed by atoms with Crippen molar-refractivity contribution in [2.45, 2.75) is 19.4 Å². The van der Waals surface area contributed by atoms with Crippen LogP contribution in [0.15, 0.2) is 42.5 Å². The minimum Gasteiger partial charge on any atom is -0.493 e. The number of benzene rings is 2. The van der Waals surface area contributed by atoms with E-state index in [1.54, 1.807) is 19.2 Å². The summed E-state index contributed by atoms with van der Waals surface area (Å²) in [5.74, 6) is 1.68. The Balaban J connectivity index is 1.53. The first-order valence-electron chi connectivity index (χ1n) is 9.99. The van der Waals surface area contributed by atoms with Crippen LogP contribution in [0.25, 0.3) is 0 Å². The number of rotatable bonds is 8. The highest BCUT2D eigenvalue weighted by molar-refractivity contribution is 5.98. The maximum atomic E-state index is 12.7. The monoisotopic (exact) mass is 398 g/mol. The number of likely N-dealkylation sites (tertiary alicyclic amines) is 1. The number of amides is 1. The second-order valence-electron chi connectivity index (χ2n) is 7.30. The molecule has 1 amide bonds. The van der Waals surface area contributed by atoms with Crippen molar-refractivity contribution in [3.8, 4) is 17.2 Å². The molecule has 0 atom stereocenters. The molecule has 0 spiro atoms. The summed E-state index contributed by atoms with van der Waals surface area (Å²) in [4.78, 5) is 15.2. The van der Waals surface area contributed by atoms with Crippen LogP contribution in [-0.2, 0) is 6.54 Å². The molecule has 6 heteroatoms. The number of ether oxygens (including phenoxy) is 3. The molecule has 0 saturated carbocycles. The third-order valence-electron chi connectivity index (χ3n) is 5.46. The van der Waals surface area contributed by atoms with Crippen LogP contribution in [-0.4, -0.2) is 51.8 Å². The summed E-state index contributed by atoms with van der Waals surface area (Å²) in [5, 5.41) is 3.06. The Morgan fingerprint density at radius 3 is 2.28 bits per heavy atom. The average molecular weight is 399 g/mol. The van der Waals surface area contributed by atoms with Crippen LogP contribution in [0, 0.1) is 5.92 Å². The zero-order valence-electron chi connectivity index (χ0n) is 17.4. The Morgan fingerprint density at radius 1 is 0.966 bits per heavy atom. The largest absolute Gasteiger partial charge is 0.493 e. The van der Waals surface area contributed by atoms with Crippen molar-refractivity contribution in [1.29, 1.82) is 0 Å². The van der Waals surface area contributed by atoms with Crippen LogP contribution in [0.3, 0.4) is 0 Å². The van der Waals surface area contributed by atoms with E-state index < -0.39 is 0 Å². The smallest absolute Gasteiger partial charge is 0.255 e. The molecule has 1 aliphatic heterocycles. The standard InChI is InChI=1S/C23H30N2O4/c1-27-20-10-9-19(21(28-2)22(20)29-3)23(26)24-15-17-11-13-25(14-12-17)16-18-7-5-4-6-8-18/h4-10,17H,11-16H2,1-3H3,(H,24,26). The van der Waals surface area contributed by atoms with E-state index >= 15 is 0 Å². The number of nitrogens with zero attached hydrogens (tertiary/aromatic N) is 1. The molecule has 2 aromatic rings. The molecule has 0 bridgehead atoms. The lowest BCUT2D eigenvalue weighted by Crippen LogP contribution is -2.38. The third kappa shape index (κ3) is 5.21. The van der Waals surface area contributed by atoms with Crippen LogP contribution in [0.5, 0.6) is 17.2 Å². The van der Waals surface area contributed by atoms with Crippen LogP contribution in [0.4, 0.5) is 0 Å². The quantitative estimate of drug-likeness (QED) is 0.739. The van der Waals surface area contributed by atoms with Crippen molar-refractivity contribution >= 4 is 5.91 Å². The van der Waals surface area contributed by atoms with Crippen LogP contribution in [0.2, 0.25) is 0 Å². The van der Waals surface area contributed by atoms with Gasteiger partial charge in [-0.3, -0.25) is 9.69 Å². The van der Waals surface area contributed by atoms with Crippen molar-refractivity contribution in [3.63, 3.8) is 0 Å². The SMILES string of the molecule is COc1ccc(C(=O)NCC2CCN(Cc3ccccc3)CC2)c(OC)c1OC. The van der Waals surface area contributed by atoms with Gasteiger partial charge < -0.3 is 19.5 Å². The van der Waals surface area contributed by atoms with E-state index in [4.69, 9.17) is 14.2 Å². The van der Waals surface area contributed by atoms with Crippen LogP contribution in [0.1, 0.15) is 28.8 Å². The van der Waals surface area contributed by atoms with E-state index in [1.165, 1.54) is 19.8 Å².